The van der Waals surface area contributed by atoms with Crippen molar-refractivity contribution in [1.82, 2.24) is 0 Å². The van der Waals surface area contributed by atoms with Crippen LogP contribution in [0.3, 0.4) is 0 Å². The van der Waals surface area contributed by atoms with Crippen LogP contribution in [0.15, 0.2) is 42.5 Å². The zero-order valence-corrected chi connectivity index (χ0v) is 12.2. The van der Waals surface area contributed by atoms with Gasteiger partial charge in [-0.05, 0) is 18.2 Å². The molecule has 1 saturated heterocycles. The summed E-state index contributed by atoms with van der Waals surface area (Å²) in [6.45, 7) is 0. The molecule has 112 valence electrons. The minimum absolute atomic E-state index is 0.120. The Bertz CT molecular complexity index is 769. The lowest BCUT2D eigenvalue weighted by molar-refractivity contribution is 0.0860. The van der Waals surface area contributed by atoms with Crippen molar-refractivity contribution in [2.24, 2.45) is 0 Å². The van der Waals surface area contributed by atoms with E-state index >= 15 is 0 Å². The van der Waals surface area contributed by atoms with Gasteiger partial charge in [-0.25, -0.2) is 0 Å². The van der Waals surface area contributed by atoms with E-state index < -0.39 is 11.9 Å². The average Bonchev–Trinajstić information content (AvgIpc) is 3.30. The first-order chi connectivity index (χ1) is 10.7. The molecule has 4 rings (SSSR count). The van der Waals surface area contributed by atoms with E-state index in [1.54, 1.807) is 38.5 Å². The fourth-order valence-electron chi connectivity index (χ4n) is 2.90. The SMILES string of the molecule is COc1ccc2c(c1)O[C@@H]1O[C@]1(c1ccccc1OC)C2=O. The Labute approximate surface area is 127 Å². The molecular weight excluding hydrogens is 284 g/mol. The normalized spacial score (nSPS) is 24.8. The number of benzene rings is 2. The number of para-hydroxylation sites is 1. The second-order valence-electron chi connectivity index (χ2n) is 5.19. The average molecular weight is 298 g/mol. The van der Waals surface area contributed by atoms with Crippen LogP contribution in [-0.4, -0.2) is 26.3 Å². The first-order valence-electron chi connectivity index (χ1n) is 6.91. The second kappa shape index (κ2) is 4.48. The summed E-state index contributed by atoms with van der Waals surface area (Å²) in [5, 5.41) is 0. The van der Waals surface area contributed by atoms with Gasteiger partial charge in [0, 0.05) is 11.6 Å². The molecule has 0 aromatic heterocycles. The molecule has 22 heavy (non-hydrogen) atoms. The molecule has 0 amide bonds. The minimum atomic E-state index is -1.10. The number of rotatable bonds is 3. The van der Waals surface area contributed by atoms with Gasteiger partial charge < -0.3 is 18.9 Å². The number of fused-ring (bicyclic) bond motifs is 2. The first kappa shape index (κ1) is 13.2. The number of Topliss-reactive ketones (excluding diaryl/α,β-unsaturated/α-hetero) is 1. The maximum atomic E-state index is 12.9. The zero-order chi connectivity index (χ0) is 15.3. The molecule has 0 spiro atoms. The summed E-state index contributed by atoms with van der Waals surface area (Å²) < 4.78 is 22.0. The summed E-state index contributed by atoms with van der Waals surface area (Å²) in [6, 6.07) is 12.5. The van der Waals surface area contributed by atoms with E-state index in [0.717, 1.165) is 0 Å². The van der Waals surface area contributed by atoms with Crippen molar-refractivity contribution in [1.29, 1.82) is 0 Å². The summed E-state index contributed by atoms with van der Waals surface area (Å²) in [6.07, 6.45) is -0.629. The van der Waals surface area contributed by atoms with Gasteiger partial charge >= 0.3 is 0 Å². The van der Waals surface area contributed by atoms with Gasteiger partial charge in [0.2, 0.25) is 17.7 Å². The molecule has 2 aliphatic heterocycles. The highest BCUT2D eigenvalue weighted by Crippen LogP contribution is 2.56. The maximum absolute atomic E-state index is 12.9. The molecule has 2 aromatic carbocycles. The van der Waals surface area contributed by atoms with Crippen LogP contribution < -0.4 is 14.2 Å². The fraction of sp³-hybridized carbons (Fsp3) is 0.235. The quantitative estimate of drug-likeness (QED) is 0.815. The van der Waals surface area contributed by atoms with Crippen molar-refractivity contribution in [2.75, 3.05) is 14.2 Å². The molecule has 0 bridgehead atoms. The Kier molecular flexibility index (Phi) is 2.68. The van der Waals surface area contributed by atoms with Gasteiger partial charge in [-0.2, -0.15) is 0 Å². The van der Waals surface area contributed by atoms with Gasteiger partial charge in [-0.3, -0.25) is 4.79 Å². The van der Waals surface area contributed by atoms with Crippen LogP contribution in [0.5, 0.6) is 17.2 Å². The van der Waals surface area contributed by atoms with Crippen molar-refractivity contribution in [3.05, 3.63) is 53.6 Å². The molecule has 0 radical (unpaired) electrons. The topological polar surface area (TPSA) is 57.3 Å². The van der Waals surface area contributed by atoms with Crippen LogP contribution in [0.25, 0.3) is 0 Å². The molecule has 0 aliphatic carbocycles. The molecule has 5 nitrogen and oxygen atoms in total. The van der Waals surface area contributed by atoms with E-state index in [4.69, 9.17) is 18.9 Å². The third kappa shape index (κ3) is 1.60. The number of methoxy groups -OCH3 is 2. The highest BCUT2D eigenvalue weighted by Gasteiger charge is 2.70. The fourth-order valence-corrected chi connectivity index (χ4v) is 2.90. The third-order valence-corrected chi connectivity index (χ3v) is 4.08. The maximum Gasteiger partial charge on any atom is 0.243 e. The monoisotopic (exact) mass is 298 g/mol. The number of carbonyl (C=O) groups excluding carboxylic acids is 1. The molecule has 0 unspecified atom stereocenters. The van der Waals surface area contributed by atoms with Crippen LogP contribution in [0, 0.1) is 0 Å². The molecule has 2 aliphatic rings. The summed E-state index contributed by atoms with van der Waals surface area (Å²) in [5.74, 6) is 1.61. The zero-order valence-electron chi connectivity index (χ0n) is 12.2. The van der Waals surface area contributed by atoms with Crippen LogP contribution in [-0.2, 0) is 10.3 Å². The number of ketones is 1. The highest BCUT2D eigenvalue weighted by molar-refractivity contribution is 6.08. The summed E-state index contributed by atoms with van der Waals surface area (Å²) in [4.78, 5) is 12.9. The Morgan fingerprint density at radius 1 is 1.09 bits per heavy atom. The second-order valence-corrected chi connectivity index (χ2v) is 5.19. The van der Waals surface area contributed by atoms with E-state index in [1.807, 2.05) is 18.2 Å². The predicted molar refractivity (Wildman–Crippen MR) is 77.5 cm³/mol. The number of hydrogen-bond acceptors (Lipinski definition) is 5. The van der Waals surface area contributed by atoms with E-state index in [2.05, 4.69) is 0 Å². The summed E-state index contributed by atoms with van der Waals surface area (Å²) >= 11 is 0. The Morgan fingerprint density at radius 2 is 1.91 bits per heavy atom. The largest absolute Gasteiger partial charge is 0.497 e. The molecule has 2 heterocycles. The van der Waals surface area contributed by atoms with Gasteiger partial charge in [0.15, 0.2) is 0 Å². The third-order valence-electron chi connectivity index (χ3n) is 4.08. The Hall–Kier alpha value is -2.53. The molecular formula is C17H14O5. The lowest BCUT2D eigenvalue weighted by atomic mass is 9.87. The smallest absolute Gasteiger partial charge is 0.243 e. The summed E-state index contributed by atoms with van der Waals surface area (Å²) in [5.41, 5.74) is 0.0724. The van der Waals surface area contributed by atoms with Crippen LogP contribution in [0.1, 0.15) is 15.9 Å². The summed E-state index contributed by atoms with van der Waals surface area (Å²) in [7, 11) is 3.14. The molecule has 1 fully saturated rings. The number of epoxide rings is 1. The van der Waals surface area contributed by atoms with Crippen LogP contribution >= 0.6 is 0 Å². The van der Waals surface area contributed by atoms with Crippen molar-refractivity contribution >= 4 is 5.78 Å². The molecule has 5 heteroatoms. The predicted octanol–water partition coefficient (Wildman–Crippen LogP) is 2.53. The van der Waals surface area contributed by atoms with Crippen molar-refractivity contribution in [3.8, 4) is 17.2 Å². The van der Waals surface area contributed by atoms with E-state index in [1.165, 1.54) is 0 Å². The van der Waals surface area contributed by atoms with Gasteiger partial charge in [0.05, 0.1) is 19.8 Å². The highest BCUT2D eigenvalue weighted by atomic mass is 16.8. The van der Waals surface area contributed by atoms with E-state index in [9.17, 15) is 4.79 Å². The van der Waals surface area contributed by atoms with Gasteiger partial charge in [-0.1, -0.05) is 18.2 Å². The molecule has 2 atom stereocenters. The lowest BCUT2D eigenvalue weighted by Crippen LogP contribution is -2.32. The van der Waals surface area contributed by atoms with E-state index in [-0.39, 0.29) is 5.78 Å². The molecule has 0 saturated carbocycles. The lowest BCUT2D eigenvalue weighted by Gasteiger charge is -2.21. The van der Waals surface area contributed by atoms with Gasteiger partial charge in [0.1, 0.15) is 17.2 Å². The standard InChI is InChI=1S/C17H14O5/c1-19-10-7-8-11-14(9-10)21-16-17(22-16,15(11)18)12-5-3-4-6-13(12)20-2/h3-9,16H,1-2H3/t16-,17-/m1/s1. The van der Waals surface area contributed by atoms with E-state index in [0.29, 0.717) is 28.4 Å². The van der Waals surface area contributed by atoms with Gasteiger partial charge in [-0.15, -0.1) is 0 Å². The van der Waals surface area contributed by atoms with Crippen molar-refractivity contribution in [3.63, 3.8) is 0 Å². The van der Waals surface area contributed by atoms with Crippen LogP contribution in [0.4, 0.5) is 0 Å². The first-order valence-corrected chi connectivity index (χ1v) is 6.91. The van der Waals surface area contributed by atoms with Crippen LogP contribution in [0.2, 0.25) is 0 Å². The van der Waals surface area contributed by atoms with Gasteiger partial charge in [0.25, 0.3) is 0 Å². The number of hydrogen-bond donors (Lipinski definition) is 0. The molecule has 2 aromatic rings. The Balaban J connectivity index is 1.82. The minimum Gasteiger partial charge on any atom is -0.497 e. The van der Waals surface area contributed by atoms with Crippen molar-refractivity contribution < 1.29 is 23.7 Å². The molecule has 0 N–H and O–H groups in total. The number of carbonyl (C=O) groups is 1. The van der Waals surface area contributed by atoms with Crippen molar-refractivity contribution in [2.45, 2.75) is 11.9 Å². The number of ether oxygens (including phenoxy) is 4. The Morgan fingerprint density at radius 3 is 2.68 bits per heavy atom.